The first-order chi connectivity index (χ1) is 13.7. The van der Waals surface area contributed by atoms with E-state index in [9.17, 15) is 19.7 Å². The largest absolute Gasteiger partial charge is 0.456 e. The molecule has 0 radical (unpaired) electrons. The summed E-state index contributed by atoms with van der Waals surface area (Å²) in [4.78, 5) is 33.3. The molecule has 0 aliphatic heterocycles. The molecule has 0 spiro atoms. The number of nitrogens with two attached hydrogens (primary N) is 1. The molecule has 8 nitrogen and oxygen atoms in total. The number of ether oxygens (including phenoxy) is 2. The van der Waals surface area contributed by atoms with Gasteiger partial charge in [0.15, 0.2) is 0 Å². The van der Waals surface area contributed by atoms with Gasteiger partial charge in [-0.15, -0.1) is 0 Å². The van der Waals surface area contributed by atoms with Gasteiger partial charge in [0, 0.05) is 11.8 Å². The molecule has 30 heavy (non-hydrogen) atoms. The Hall–Kier alpha value is -3.42. The third-order valence-corrected chi connectivity index (χ3v) is 3.30. The van der Waals surface area contributed by atoms with Crippen LogP contribution in [0.15, 0.2) is 48.5 Å². The van der Waals surface area contributed by atoms with Crippen molar-refractivity contribution in [3.63, 3.8) is 0 Å². The topological polar surface area (TPSA) is 122 Å². The lowest BCUT2D eigenvalue weighted by Crippen LogP contribution is -2.24. The van der Waals surface area contributed by atoms with Gasteiger partial charge in [-0.1, -0.05) is 24.3 Å². The fourth-order valence-electron chi connectivity index (χ4n) is 2.15. The maximum absolute atomic E-state index is 11.7. The number of hydrogen-bond donors (Lipinski definition) is 1. The molecule has 2 aromatic rings. The van der Waals surface area contributed by atoms with E-state index in [1.807, 2.05) is 20.8 Å². The normalized spacial score (nSPS) is 11.0. The summed E-state index contributed by atoms with van der Waals surface area (Å²) in [6.07, 6.45) is 0. The van der Waals surface area contributed by atoms with Gasteiger partial charge in [-0.25, -0.2) is 9.59 Å². The number of hydrogen-bond acceptors (Lipinski definition) is 7. The van der Waals surface area contributed by atoms with Crippen LogP contribution in [0.4, 0.5) is 11.4 Å². The average molecular weight is 416 g/mol. The molecule has 2 N–H and O–H groups in total. The van der Waals surface area contributed by atoms with Crippen molar-refractivity contribution < 1.29 is 24.0 Å². The van der Waals surface area contributed by atoms with E-state index >= 15 is 0 Å². The van der Waals surface area contributed by atoms with E-state index < -0.39 is 22.1 Å². The Labute approximate surface area is 176 Å². The van der Waals surface area contributed by atoms with Gasteiger partial charge in [0.1, 0.15) is 16.8 Å². The van der Waals surface area contributed by atoms with Crippen molar-refractivity contribution in [3.8, 4) is 0 Å². The molecule has 0 bridgehead atoms. The van der Waals surface area contributed by atoms with Crippen molar-refractivity contribution in [3.05, 3.63) is 69.8 Å². The van der Waals surface area contributed by atoms with Gasteiger partial charge in [-0.2, -0.15) is 0 Å². The maximum atomic E-state index is 11.7. The Balaban J connectivity index is 0.000000303. The molecule has 0 fully saturated rings. The molecule has 0 heterocycles. The van der Waals surface area contributed by atoms with Crippen LogP contribution in [0.5, 0.6) is 0 Å². The molecule has 0 saturated heterocycles. The minimum atomic E-state index is -0.681. The molecular formula is C22H28N2O6. The van der Waals surface area contributed by atoms with Gasteiger partial charge >= 0.3 is 11.9 Å². The molecule has 0 aromatic heterocycles. The predicted octanol–water partition coefficient (Wildman–Crippen LogP) is 4.77. The first-order valence-electron chi connectivity index (χ1n) is 9.26. The van der Waals surface area contributed by atoms with Crippen molar-refractivity contribution in [2.75, 3.05) is 5.73 Å². The Bertz CT molecular complexity index is 910. The number of rotatable bonds is 3. The van der Waals surface area contributed by atoms with E-state index in [1.165, 1.54) is 18.2 Å². The van der Waals surface area contributed by atoms with Crippen LogP contribution in [0.1, 0.15) is 62.3 Å². The van der Waals surface area contributed by atoms with Crippen LogP contribution in [0.2, 0.25) is 0 Å². The number of nitrogens with zero attached hydrogens (tertiary/aromatic N) is 1. The van der Waals surface area contributed by atoms with E-state index in [1.54, 1.807) is 51.1 Å². The van der Waals surface area contributed by atoms with Crippen molar-refractivity contribution in [2.45, 2.75) is 52.7 Å². The van der Waals surface area contributed by atoms with Gasteiger partial charge in [0.25, 0.3) is 5.69 Å². The van der Waals surface area contributed by atoms with Gasteiger partial charge in [0.2, 0.25) is 0 Å². The lowest BCUT2D eigenvalue weighted by atomic mass is 10.1. The first kappa shape index (κ1) is 24.6. The van der Waals surface area contributed by atoms with Crippen LogP contribution in [-0.2, 0) is 9.47 Å². The van der Waals surface area contributed by atoms with Crippen molar-refractivity contribution in [1.29, 1.82) is 0 Å². The standard InChI is InChI=1S/C11H13NO4.C11H15NO2/c1-11(2,3)16-10(13)8-6-4-5-7-9(8)12(14)15;1-11(2,3)14-10(13)8-6-4-5-7-9(8)12/h4-7H,1-3H3;4-7H,12H2,1-3H3. The van der Waals surface area contributed by atoms with Gasteiger partial charge < -0.3 is 15.2 Å². The highest BCUT2D eigenvalue weighted by Crippen LogP contribution is 2.21. The number of nitrogen functional groups attached to an aromatic ring is 1. The number of benzene rings is 2. The highest BCUT2D eigenvalue weighted by Gasteiger charge is 2.24. The van der Waals surface area contributed by atoms with E-state index in [0.717, 1.165) is 0 Å². The summed E-state index contributed by atoms with van der Waals surface area (Å²) < 4.78 is 10.3. The molecule has 0 aliphatic carbocycles. The zero-order valence-electron chi connectivity index (χ0n) is 18.1. The molecule has 0 unspecified atom stereocenters. The molecule has 0 amide bonds. The Kier molecular flexibility index (Phi) is 8.10. The number of esters is 2. The SMILES string of the molecule is CC(C)(C)OC(=O)c1ccccc1N.CC(C)(C)OC(=O)c1ccccc1[N+](=O)[O-]. The smallest absolute Gasteiger partial charge is 0.345 e. The zero-order chi connectivity index (χ0) is 23.1. The second-order valence-corrected chi connectivity index (χ2v) is 8.37. The maximum Gasteiger partial charge on any atom is 0.345 e. The molecule has 162 valence electrons. The number of para-hydroxylation sites is 2. The van der Waals surface area contributed by atoms with Crippen LogP contribution in [-0.4, -0.2) is 28.1 Å². The lowest BCUT2D eigenvalue weighted by molar-refractivity contribution is -0.385. The van der Waals surface area contributed by atoms with Gasteiger partial charge in [-0.3, -0.25) is 10.1 Å². The monoisotopic (exact) mass is 416 g/mol. The number of carbonyl (C=O) groups excluding carboxylic acids is 2. The Morgan fingerprint density at radius 1 is 0.800 bits per heavy atom. The Morgan fingerprint density at radius 3 is 1.63 bits per heavy atom. The van der Waals surface area contributed by atoms with Crippen LogP contribution in [0.3, 0.4) is 0 Å². The minimum absolute atomic E-state index is 0.0255. The van der Waals surface area contributed by atoms with Gasteiger partial charge in [-0.05, 0) is 59.7 Å². The molecule has 0 saturated carbocycles. The van der Waals surface area contributed by atoms with E-state index in [-0.39, 0.29) is 17.2 Å². The third-order valence-electron chi connectivity index (χ3n) is 3.30. The second-order valence-electron chi connectivity index (χ2n) is 8.37. The van der Waals surface area contributed by atoms with Crippen molar-refractivity contribution in [1.82, 2.24) is 0 Å². The summed E-state index contributed by atoms with van der Waals surface area (Å²) in [5, 5.41) is 10.7. The summed E-state index contributed by atoms with van der Waals surface area (Å²) >= 11 is 0. The summed E-state index contributed by atoms with van der Waals surface area (Å²) in [5.41, 5.74) is 5.09. The number of anilines is 1. The summed E-state index contributed by atoms with van der Waals surface area (Å²) in [5.74, 6) is -1.06. The summed E-state index contributed by atoms with van der Waals surface area (Å²) in [7, 11) is 0. The first-order valence-corrected chi connectivity index (χ1v) is 9.26. The van der Waals surface area contributed by atoms with E-state index in [2.05, 4.69) is 0 Å². The summed E-state index contributed by atoms with van der Waals surface area (Å²) in [6, 6.07) is 12.6. The zero-order valence-corrected chi connectivity index (χ0v) is 18.1. The van der Waals surface area contributed by atoms with Crippen LogP contribution in [0, 0.1) is 10.1 Å². The quantitative estimate of drug-likeness (QED) is 0.331. The van der Waals surface area contributed by atoms with E-state index in [4.69, 9.17) is 15.2 Å². The number of nitro benzene ring substituents is 1. The fraction of sp³-hybridized carbons (Fsp3) is 0.364. The molecule has 0 atom stereocenters. The number of nitro groups is 1. The number of carbonyl (C=O) groups is 2. The van der Waals surface area contributed by atoms with Crippen LogP contribution < -0.4 is 5.73 Å². The van der Waals surface area contributed by atoms with E-state index in [0.29, 0.717) is 11.3 Å². The second kappa shape index (κ2) is 9.87. The fourth-order valence-corrected chi connectivity index (χ4v) is 2.15. The molecule has 8 heteroatoms. The average Bonchev–Trinajstić information content (AvgIpc) is 2.59. The predicted molar refractivity (Wildman–Crippen MR) is 114 cm³/mol. The molecule has 0 aliphatic rings. The summed E-state index contributed by atoms with van der Waals surface area (Å²) in [6.45, 7) is 10.6. The Morgan fingerprint density at radius 2 is 1.20 bits per heavy atom. The highest BCUT2D eigenvalue weighted by molar-refractivity contribution is 5.95. The van der Waals surface area contributed by atoms with Crippen molar-refractivity contribution >= 4 is 23.3 Å². The molecule has 2 rings (SSSR count). The van der Waals surface area contributed by atoms with Crippen LogP contribution in [0.25, 0.3) is 0 Å². The highest BCUT2D eigenvalue weighted by atomic mass is 16.6. The minimum Gasteiger partial charge on any atom is -0.456 e. The third kappa shape index (κ3) is 8.30. The lowest BCUT2D eigenvalue weighted by Gasteiger charge is -2.19. The molecular weight excluding hydrogens is 388 g/mol. The van der Waals surface area contributed by atoms with Crippen LogP contribution >= 0.6 is 0 Å². The van der Waals surface area contributed by atoms with Gasteiger partial charge in [0.05, 0.1) is 10.5 Å². The molecule has 2 aromatic carbocycles. The van der Waals surface area contributed by atoms with Crippen molar-refractivity contribution in [2.24, 2.45) is 0 Å².